The highest BCUT2D eigenvalue weighted by Gasteiger charge is 2.19. The first-order chi connectivity index (χ1) is 11.5. The Bertz CT molecular complexity index is 775. The van der Waals surface area contributed by atoms with Gasteiger partial charge in [-0.3, -0.25) is 9.59 Å². The van der Waals surface area contributed by atoms with Gasteiger partial charge in [-0.15, -0.1) is 0 Å². The fourth-order valence-corrected chi connectivity index (χ4v) is 3.17. The summed E-state index contributed by atoms with van der Waals surface area (Å²) in [4.78, 5) is 26.0. The second kappa shape index (κ2) is 7.24. The van der Waals surface area contributed by atoms with Crippen LogP contribution in [0.25, 0.3) is 0 Å². The molecular formula is C18H16Cl2N2O2. The van der Waals surface area contributed by atoms with Gasteiger partial charge in [-0.25, -0.2) is 0 Å². The predicted molar refractivity (Wildman–Crippen MR) is 97.1 cm³/mol. The summed E-state index contributed by atoms with van der Waals surface area (Å²) in [5, 5.41) is 3.57. The SMILES string of the molecule is O=C(Nc1ccc(N2CCCCC2=O)cc1)c1ccc(Cl)cc1Cl. The summed E-state index contributed by atoms with van der Waals surface area (Å²) in [5.74, 6) is -0.163. The lowest BCUT2D eigenvalue weighted by Gasteiger charge is -2.26. The van der Waals surface area contributed by atoms with Gasteiger partial charge in [0.15, 0.2) is 0 Å². The molecule has 1 heterocycles. The van der Waals surface area contributed by atoms with Crippen LogP contribution in [0.4, 0.5) is 11.4 Å². The van der Waals surface area contributed by atoms with E-state index >= 15 is 0 Å². The van der Waals surface area contributed by atoms with Crippen LogP contribution >= 0.6 is 23.2 Å². The Labute approximate surface area is 150 Å². The summed E-state index contributed by atoms with van der Waals surface area (Å²) in [7, 11) is 0. The minimum absolute atomic E-state index is 0.144. The molecule has 0 spiro atoms. The highest BCUT2D eigenvalue weighted by molar-refractivity contribution is 6.37. The van der Waals surface area contributed by atoms with Gasteiger partial charge < -0.3 is 10.2 Å². The van der Waals surface area contributed by atoms with Crippen LogP contribution in [0.15, 0.2) is 42.5 Å². The third-order valence-corrected chi connectivity index (χ3v) is 4.48. The average molecular weight is 363 g/mol. The average Bonchev–Trinajstić information content (AvgIpc) is 2.56. The number of rotatable bonds is 3. The molecular weight excluding hydrogens is 347 g/mol. The van der Waals surface area contributed by atoms with Gasteiger partial charge >= 0.3 is 0 Å². The monoisotopic (exact) mass is 362 g/mol. The fourth-order valence-electron chi connectivity index (χ4n) is 2.68. The summed E-state index contributed by atoms with van der Waals surface area (Å²) >= 11 is 11.9. The number of benzene rings is 2. The van der Waals surface area contributed by atoms with E-state index in [-0.39, 0.29) is 11.8 Å². The van der Waals surface area contributed by atoms with E-state index in [9.17, 15) is 9.59 Å². The molecule has 0 atom stereocenters. The number of nitrogens with zero attached hydrogens (tertiary/aromatic N) is 1. The van der Waals surface area contributed by atoms with Crippen LogP contribution in [0.2, 0.25) is 10.0 Å². The van der Waals surface area contributed by atoms with Crippen LogP contribution in [0.3, 0.4) is 0 Å². The Hall–Kier alpha value is -2.04. The fraction of sp³-hybridized carbons (Fsp3) is 0.222. The van der Waals surface area contributed by atoms with Crippen molar-refractivity contribution in [1.82, 2.24) is 0 Å². The van der Waals surface area contributed by atoms with Gasteiger partial charge in [0.05, 0.1) is 10.6 Å². The molecule has 0 saturated carbocycles. The minimum Gasteiger partial charge on any atom is -0.322 e. The van der Waals surface area contributed by atoms with Crippen LogP contribution in [-0.4, -0.2) is 18.4 Å². The molecule has 0 aliphatic carbocycles. The molecule has 6 heteroatoms. The molecule has 0 aromatic heterocycles. The maximum atomic E-state index is 12.3. The smallest absolute Gasteiger partial charge is 0.257 e. The molecule has 1 aliphatic heterocycles. The number of hydrogen-bond donors (Lipinski definition) is 1. The lowest BCUT2D eigenvalue weighted by Crippen LogP contribution is -2.35. The molecule has 24 heavy (non-hydrogen) atoms. The Morgan fingerprint density at radius 3 is 2.46 bits per heavy atom. The van der Waals surface area contributed by atoms with Gasteiger partial charge in [0.2, 0.25) is 5.91 Å². The third kappa shape index (κ3) is 3.71. The zero-order valence-corrected chi connectivity index (χ0v) is 14.4. The largest absolute Gasteiger partial charge is 0.322 e. The van der Waals surface area contributed by atoms with Crippen LogP contribution < -0.4 is 10.2 Å². The topological polar surface area (TPSA) is 49.4 Å². The molecule has 0 unspecified atom stereocenters. The van der Waals surface area contributed by atoms with Crippen molar-refractivity contribution in [2.24, 2.45) is 0 Å². The van der Waals surface area contributed by atoms with Gasteiger partial charge in [-0.2, -0.15) is 0 Å². The Kier molecular flexibility index (Phi) is 5.07. The van der Waals surface area contributed by atoms with Gasteiger partial charge in [-0.05, 0) is 55.3 Å². The number of nitrogens with one attached hydrogen (secondary N) is 1. The molecule has 3 rings (SSSR count). The van der Waals surface area contributed by atoms with Crippen molar-refractivity contribution in [3.05, 3.63) is 58.1 Å². The van der Waals surface area contributed by atoms with Crippen LogP contribution in [0, 0.1) is 0 Å². The lowest BCUT2D eigenvalue weighted by atomic mass is 10.1. The quantitative estimate of drug-likeness (QED) is 0.855. The van der Waals surface area contributed by atoms with Crippen molar-refractivity contribution in [2.75, 3.05) is 16.8 Å². The molecule has 2 amide bonds. The molecule has 1 saturated heterocycles. The first kappa shape index (κ1) is 16.8. The molecule has 1 N–H and O–H groups in total. The lowest BCUT2D eigenvalue weighted by molar-refractivity contribution is -0.119. The van der Waals surface area contributed by atoms with Gasteiger partial charge in [0.1, 0.15) is 0 Å². The summed E-state index contributed by atoms with van der Waals surface area (Å²) in [6.07, 6.45) is 2.55. The minimum atomic E-state index is -0.307. The van der Waals surface area contributed by atoms with Gasteiger partial charge in [-0.1, -0.05) is 23.2 Å². The van der Waals surface area contributed by atoms with E-state index in [1.807, 2.05) is 12.1 Å². The van der Waals surface area contributed by atoms with Crippen molar-refractivity contribution in [1.29, 1.82) is 0 Å². The Morgan fingerprint density at radius 1 is 1.04 bits per heavy atom. The maximum Gasteiger partial charge on any atom is 0.257 e. The number of amides is 2. The molecule has 0 bridgehead atoms. The first-order valence-electron chi connectivity index (χ1n) is 7.71. The summed E-state index contributed by atoms with van der Waals surface area (Å²) < 4.78 is 0. The second-order valence-corrected chi connectivity index (χ2v) is 6.47. The van der Waals surface area contributed by atoms with Crippen molar-refractivity contribution in [3.8, 4) is 0 Å². The van der Waals surface area contributed by atoms with Crippen LogP contribution in [0.1, 0.15) is 29.6 Å². The Morgan fingerprint density at radius 2 is 1.79 bits per heavy atom. The van der Waals surface area contributed by atoms with Gasteiger partial charge in [0, 0.05) is 29.4 Å². The number of carbonyl (C=O) groups is 2. The zero-order chi connectivity index (χ0) is 17.1. The van der Waals surface area contributed by atoms with Crippen molar-refractivity contribution < 1.29 is 9.59 Å². The van der Waals surface area contributed by atoms with Gasteiger partial charge in [0.25, 0.3) is 5.91 Å². The normalized spacial score (nSPS) is 14.6. The summed E-state index contributed by atoms with van der Waals surface area (Å²) in [6.45, 7) is 0.741. The van der Waals surface area contributed by atoms with E-state index in [1.165, 1.54) is 6.07 Å². The molecule has 2 aromatic carbocycles. The first-order valence-corrected chi connectivity index (χ1v) is 8.47. The van der Waals surface area contributed by atoms with Crippen molar-refractivity contribution in [2.45, 2.75) is 19.3 Å². The number of carbonyl (C=O) groups excluding carboxylic acids is 2. The van der Waals surface area contributed by atoms with Crippen LogP contribution in [-0.2, 0) is 4.79 Å². The van der Waals surface area contributed by atoms with E-state index in [1.54, 1.807) is 29.2 Å². The van der Waals surface area contributed by atoms with E-state index < -0.39 is 0 Å². The molecule has 124 valence electrons. The molecule has 1 fully saturated rings. The van der Waals surface area contributed by atoms with Crippen molar-refractivity contribution >= 4 is 46.4 Å². The van der Waals surface area contributed by atoms with Crippen LogP contribution in [0.5, 0.6) is 0 Å². The van der Waals surface area contributed by atoms with E-state index in [4.69, 9.17) is 23.2 Å². The van der Waals surface area contributed by atoms with E-state index in [2.05, 4.69) is 5.32 Å². The number of halogens is 2. The van der Waals surface area contributed by atoms with Crippen molar-refractivity contribution in [3.63, 3.8) is 0 Å². The van der Waals surface area contributed by atoms with E-state index in [0.717, 1.165) is 25.1 Å². The molecule has 4 nitrogen and oxygen atoms in total. The highest BCUT2D eigenvalue weighted by atomic mass is 35.5. The van der Waals surface area contributed by atoms with E-state index in [0.29, 0.717) is 27.7 Å². The molecule has 0 radical (unpaired) electrons. The number of anilines is 2. The maximum absolute atomic E-state index is 12.3. The standard InChI is InChI=1S/C18H16Cl2N2O2/c19-12-4-9-15(16(20)11-12)18(24)21-13-5-7-14(8-6-13)22-10-2-1-3-17(22)23/h4-9,11H,1-3,10H2,(H,21,24). The molecule has 1 aliphatic rings. The zero-order valence-electron chi connectivity index (χ0n) is 12.9. The summed E-state index contributed by atoms with van der Waals surface area (Å²) in [6, 6.07) is 12.0. The number of piperidine rings is 1. The summed E-state index contributed by atoms with van der Waals surface area (Å²) in [5.41, 5.74) is 1.85. The Balaban J connectivity index is 1.72. The predicted octanol–water partition coefficient (Wildman–Crippen LogP) is 4.76. The highest BCUT2D eigenvalue weighted by Crippen LogP contribution is 2.24. The molecule has 2 aromatic rings. The second-order valence-electron chi connectivity index (χ2n) is 5.63. The number of hydrogen-bond acceptors (Lipinski definition) is 2. The third-order valence-electron chi connectivity index (χ3n) is 3.94.